The van der Waals surface area contributed by atoms with E-state index in [9.17, 15) is 18.0 Å². The van der Waals surface area contributed by atoms with Crippen LogP contribution in [0, 0.1) is 11.2 Å². The lowest BCUT2D eigenvalue weighted by Gasteiger charge is -2.34. The maximum Gasteiger partial charge on any atom is 0.573 e. The molecule has 0 spiro atoms. The minimum Gasteiger partial charge on any atom is -0.406 e. The van der Waals surface area contributed by atoms with Crippen LogP contribution >= 0.6 is 8.58 Å². The molecule has 0 saturated carbocycles. The van der Waals surface area contributed by atoms with E-state index in [0.717, 1.165) is 37.9 Å². The number of benzene rings is 2. The van der Waals surface area contributed by atoms with Crippen molar-refractivity contribution >= 4 is 25.6 Å². The number of alkyl halides is 3. The first-order valence-corrected chi connectivity index (χ1v) is 12.2. The van der Waals surface area contributed by atoms with Gasteiger partial charge in [-0.2, -0.15) is 0 Å². The van der Waals surface area contributed by atoms with Gasteiger partial charge in [0.1, 0.15) is 11.6 Å². The Bertz CT molecular complexity index is 1050. The lowest BCUT2D eigenvalue weighted by atomic mass is 9.94. The third-order valence-electron chi connectivity index (χ3n) is 5.81. The number of rotatable bonds is 8. The molecule has 1 aliphatic rings. The summed E-state index contributed by atoms with van der Waals surface area (Å²) in [6, 6.07) is 8.85. The molecule has 190 valence electrons. The molecule has 1 amide bonds. The molecule has 1 aliphatic heterocycles. The number of carbonyl (C=O) groups excluding carboxylic acids is 1. The highest BCUT2D eigenvalue weighted by Gasteiger charge is 2.32. The third-order valence-corrected chi connectivity index (χ3v) is 7.02. The number of carbonyl (C=O) groups is 1. The summed E-state index contributed by atoms with van der Waals surface area (Å²) in [4.78, 5) is 16.2. The Morgan fingerprint density at radius 2 is 1.80 bits per heavy atom. The van der Waals surface area contributed by atoms with Crippen molar-refractivity contribution in [2.45, 2.75) is 25.4 Å². The van der Waals surface area contributed by atoms with Crippen LogP contribution in [0.25, 0.3) is 0 Å². The van der Waals surface area contributed by atoms with Crippen LogP contribution in [0.3, 0.4) is 0 Å². The summed E-state index contributed by atoms with van der Waals surface area (Å²) in [6.07, 6.45) is -4.91. The minimum atomic E-state index is -4.99. The molecular weight excluding hydrogens is 483 g/mol. The van der Waals surface area contributed by atoms with Crippen LogP contribution in [0.5, 0.6) is 5.75 Å². The lowest BCUT2D eigenvalue weighted by molar-refractivity contribution is -0.274. The van der Waals surface area contributed by atoms with Gasteiger partial charge in [-0.15, -0.1) is 13.2 Å². The number of nitrogens with zero attached hydrogens (tertiary/aromatic N) is 2. The number of hydrogen-bond acceptors (Lipinski definition) is 5. The molecule has 0 aromatic heterocycles. The highest BCUT2D eigenvalue weighted by molar-refractivity contribution is 7.58. The summed E-state index contributed by atoms with van der Waals surface area (Å²) >= 11 is 0. The maximum absolute atomic E-state index is 15.0. The molecule has 1 heterocycles. The smallest absolute Gasteiger partial charge is 0.406 e. The standard InChI is InChI=1S/C24H29F4N4O2P/c1-15(35-23(33)30-2)12-19-20(13-18(14-21(19)25)34-24(26,27)28)22(29)16-4-6-17(7-5-16)32-10-8-31(3)9-11-32/h4-7,13-15,29,35H,8-12H2,1-3H3,(H,30,33). The third kappa shape index (κ3) is 7.39. The molecule has 3 rings (SSSR count). The molecule has 11 heteroatoms. The summed E-state index contributed by atoms with van der Waals surface area (Å²) in [5, 5.41) is 11.2. The van der Waals surface area contributed by atoms with Gasteiger partial charge < -0.3 is 19.9 Å². The van der Waals surface area contributed by atoms with Crippen molar-refractivity contribution in [1.29, 1.82) is 5.41 Å². The lowest BCUT2D eigenvalue weighted by Crippen LogP contribution is -2.44. The van der Waals surface area contributed by atoms with Gasteiger partial charge in [-0.25, -0.2) is 4.39 Å². The highest BCUT2D eigenvalue weighted by Crippen LogP contribution is 2.32. The first kappa shape index (κ1) is 26.9. The fraction of sp³-hybridized carbons (Fsp3) is 0.417. The molecule has 35 heavy (non-hydrogen) atoms. The topological polar surface area (TPSA) is 68.7 Å². The fourth-order valence-corrected chi connectivity index (χ4v) is 4.85. The second kappa shape index (κ2) is 11.4. The average Bonchev–Trinajstić information content (AvgIpc) is 2.79. The normalized spacial score (nSPS) is 15.9. The van der Waals surface area contributed by atoms with Crippen LogP contribution in [-0.4, -0.2) is 68.6 Å². The van der Waals surface area contributed by atoms with Crippen molar-refractivity contribution in [3.8, 4) is 5.75 Å². The number of anilines is 1. The molecule has 6 nitrogen and oxygen atoms in total. The molecular formula is C24H29F4N4O2P. The molecule has 0 radical (unpaired) electrons. The van der Waals surface area contributed by atoms with Crippen LogP contribution in [-0.2, 0) is 6.42 Å². The van der Waals surface area contributed by atoms with E-state index >= 15 is 4.39 Å². The maximum atomic E-state index is 15.0. The van der Waals surface area contributed by atoms with Crippen LogP contribution in [0.1, 0.15) is 23.6 Å². The Morgan fingerprint density at radius 3 is 2.37 bits per heavy atom. The number of amides is 1. The van der Waals surface area contributed by atoms with Gasteiger partial charge in [0.2, 0.25) is 5.65 Å². The Kier molecular flexibility index (Phi) is 8.72. The molecule has 0 aliphatic carbocycles. The number of ether oxygens (including phenoxy) is 1. The van der Waals surface area contributed by atoms with Gasteiger partial charge in [0.15, 0.2) is 0 Å². The van der Waals surface area contributed by atoms with Gasteiger partial charge in [0.05, 0.1) is 5.71 Å². The molecule has 2 aromatic carbocycles. The van der Waals surface area contributed by atoms with Crippen LogP contribution in [0.4, 0.5) is 28.0 Å². The quantitative estimate of drug-likeness (QED) is 0.302. The molecule has 1 saturated heterocycles. The summed E-state index contributed by atoms with van der Waals surface area (Å²) < 4.78 is 57.4. The summed E-state index contributed by atoms with van der Waals surface area (Å²) in [7, 11) is 3.40. The van der Waals surface area contributed by atoms with Crippen LogP contribution < -0.4 is 15.0 Å². The van der Waals surface area contributed by atoms with Crippen molar-refractivity contribution in [3.63, 3.8) is 0 Å². The monoisotopic (exact) mass is 512 g/mol. The number of likely N-dealkylation sites (N-methyl/N-ethyl adjacent to an activating group) is 1. The van der Waals surface area contributed by atoms with Gasteiger partial charge in [-0.05, 0) is 51.5 Å². The van der Waals surface area contributed by atoms with Crippen LogP contribution in [0.15, 0.2) is 36.4 Å². The predicted octanol–water partition coefficient (Wildman–Crippen LogP) is 4.84. The van der Waals surface area contributed by atoms with E-state index in [2.05, 4.69) is 26.9 Å². The number of halogens is 4. The summed E-state index contributed by atoms with van der Waals surface area (Å²) in [6.45, 7) is 5.35. The zero-order chi connectivity index (χ0) is 25.8. The van der Waals surface area contributed by atoms with Crippen molar-refractivity contribution in [1.82, 2.24) is 10.2 Å². The van der Waals surface area contributed by atoms with Crippen molar-refractivity contribution in [2.75, 3.05) is 45.2 Å². The molecule has 2 atom stereocenters. The summed E-state index contributed by atoms with van der Waals surface area (Å²) in [5.41, 5.74) is 0.911. The van der Waals surface area contributed by atoms with E-state index in [0.29, 0.717) is 11.6 Å². The molecule has 0 bridgehead atoms. The van der Waals surface area contributed by atoms with Crippen LogP contribution in [0.2, 0.25) is 0 Å². The first-order chi connectivity index (χ1) is 16.5. The Balaban J connectivity index is 1.92. The van der Waals surface area contributed by atoms with Gasteiger partial charge in [0.25, 0.3) is 0 Å². The number of piperazine rings is 1. The Labute approximate surface area is 203 Å². The van der Waals surface area contributed by atoms with Gasteiger partial charge in [0, 0.05) is 56.1 Å². The van der Waals surface area contributed by atoms with Crippen molar-refractivity contribution < 1.29 is 27.1 Å². The highest BCUT2D eigenvalue weighted by atomic mass is 31.1. The number of nitrogens with one attached hydrogen (secondary N) is 2. The van der Waals surface area contributed by atoms with Crippen molar-refractivity contribution in [3.05, 3.63) is 58.9 Å². The molecule has 2 aromatic rings. The van der Waals surface area contributed by atoms with E-state index in [1.807, 2.05) is 12.1 Å². The second-order valence-electron chi connectivity index (χ2n) is 8.52. The molecule has 2 unspecified atom stereocenters. The van der Waals surface area contributed by atoms with Gasteiger partial charge in [-0.1, -0.05) is 19.1 Å². The fourth-order valence-electron chi connectivity index (χ4n) is 3.95. The average molecular weight is 512 g/mol. The van der Waals surface area contributed by atoms with E-state index in [4.69, 9.17) is 5.41 Å². The molecule has 2 N–H and O–H groups in total. The van der Waals surface area contributed by atoms with E-state index in [1.54, 1.807) is 19.1 Å². The second-order valence-corrected chi connectivity index (χ2v) is 10.2. The Morgan fingerprint density at radius 1 is 1.17 bits per heavy atom. The SMILES string of the molecule is CNC(=O)PC(C)Cc1c(F)cc(OC(F)(F)F)cc1C(=N)c1ccc(N2CCN(C)CC2)cc1. The minimum absolute atomic E-state index is 0.00477. The Hall–Kier alpha value is -2.71. The van der Waals surface area contributed by atoms with Gasteiger partial charge in [-0.3, -0.25) is 10.2 Å². The van der Waals surface area contributed by atoms with Crippen molar-refractivity contribution in [2.24, 2.45) is 0 Å². The van der Waals surface area contributed by atoms with Gasteiger partial charge >= 0.3 is 6.36 Å². The number of hydrogen-bond donors (Lipinski definition) is 2. The largest absolute Gasteiger partial charge is 0.573 e. The predicted molar refractivity (Wildman–Crippen MR) is 131 cm³/mol. The summed E-state index contributed by atoms with van der Waals surface area (Å²) in [5.74, 6) is -1.64. The molecule has 1 fully saturated rings. The van der Waals surface area contributed by atoms with E-state index < -0.39 is 17.9 Å². The van der Waals surface area contributed by atoms with E-state index in [1.165, 1.54) is 7.05 Å². The van der Waals surface area contributed by atoms with E-state index in [-0.39, 0.29) is 43.1 Å². The zero-order valence-electron chi connectivity index (χ0n) is 19.8. The zero-order valence-corrected chi connectivity index (χ0v) is 20.8. The first-order valence-electron chi connectivity index (χ1n) is 11.2.